The van der Waals surface area contributed by atoms with Gasteiger partial charge in [0, 0.05) is 6.61 Å². The molecule has 1 saturated heterocycles. The molecule has 6 heteroatoms. The standard InChI is InChI=1S/C14H17NO5/c16-13(17)12(11-7-4-8-19-11)15-14(18)20-9-10-5-2-1-3-6-10/h1-3,5-6,11-12H,4,7-9H2,(H,15,18)(H,16,17). The van der Waals surface area contributed by atoms with Gasteiger partial charge < -0.3 is 19.9 Å². The summed E-state index contributed by atoms with van der Waals surface area (Å²) in [5.41, 5.74) is 0.839. The number of ether oxygens (including phenoxy) is 2. The summed E-state index contributed by atoms with van der Waals surface area (Å²) in [4.78, 5) is 22.8. The summed E-state index contributed by atoms with van der Waals surface area (Å²) in [5.74, 6) is -1.12. The fraction of sp³-hybridized carbons (Fsp3) is 0.429. The van der Waals surface area contributed by atoms with Crippen LogP contribution in [0.1, 0.15) is 18.4 Å². The second kappa shape index (κ2) is 6.91. The molecule has 0 spiro atoms. The highest BCUT2D eigenvalue weighted by molar-refractivity contribution is 5.80. The number of hydrogen-bond donors (Lipinski definition) is 2. The largest absolute Gasteiger partial charge is 0.480 e. The van der Waals surface area contributed by atoms with Crippen molar-refractivity contribution < 1.29 is 24.2 Å². The van der Waals surface area contributed by atoms with Crippen LogP contribution < -0.4 is 5.32 Å². The van der Waals surface area contributed by atoms with Crippen LogP contribution in [0, 0.1) is 0 Å². The van der Waals surface area contributed by atoms with Gasteiger partial charge in [0.15, 0.2) is 6.04 Å². The molecule has 2 unspecified atom stereocenters. The molecule has 0 radical (unpaired) electrons. The van der Waals surface area contributed by atoms with Crippen LogP contribution >= 0.6 is 0 Å². The summed E-state index contributed by atoms with van der Waals surface area (Å²) in [6.07, 6.45) is 0.180. The molecule has 0 saturated carbocycles. The van der Waals surface area contributed by atoms with Gasteiger partial charge in [-0.25, -0.2) is 9.59 Å². The molecule has 1 aliphatic rings. The van der Waals surface area contributed by atoms with Crippen molar-refractivity contribution in [3.63, 3.8) is 0 Å². The SMILES string of the molecule is O=C(NC(C(=O)O)C1CCCO1)OCc1ccccc1. The molecule has 1 heterocycles. The second-order valence-corrected chi connectivity index (χ2v) is 4.57. The van der Waals surface area contributed by atoms with Crippen molar-refractivity contribution in [3.05, 3.63) is 35.9 Å². The molecule has 2 N–H and O–H groups in total. The van der Waals surface area contributed by atoms with Crippen LogP contribution in [-0.4, -0.2) is 35.9 Å². The van der Waals surface area contributed by atoms with Crippen LogP contribution in [0.15, 0.2) is 30.3 Å². The van der Waals surface area contributed by atoms with Gasteiger partial charge in [0.05, 0.1) is 6.10 Å². The van der Waals surface area contributed by atoms with Gasteiger partial charge in [-0.1, -0.05) is 30.3 Å². The Morgan fingerprint density at radius 1 is 1.40 bits per heavy atom. The number of alkyl carbamates (subject to hydrolysis) is 1. The van der Waals surface area contributed by atoms with Gasteiger partial charge in [0.2, 0.25) is 0 Å². The number of hydrogen-bond acceptors (Lipinski definition) is 4. The minimum atomic E-state index is -1.12. The molecule has 108 valence electrons. The maximum Gasteiger partial charge on any atom is 0.408 e. The first-order valence-corrected chi connectivity index (χ1v) is 6.48. The highest BCUT2D eigenvalue weighted by Crippen LogP contribution is 2.16. The Labute approximate surface area is 116 Å². The molecule has 20 heavy (non-hydrogen) atoms. The molecule has 6 nitrogen and oxygen atoms in total. The monoisotopic (exact) mass is 279 g/mol. The predicted molar refractivity (Wildman–Crippen MR) is 70.2 cm³/mol. The molecule has 0 bridgehead atoms. The maximum absolute atomic E-state index is 11.6. The van der Waals surface area contributed by atoms with Crippen molar-refractivity contribution in [2.75, 3.05) is 6.61 Å². The van der Waals surface area contributed by atoms with E-state index in [0.717, 1.165) is 12.0 Å². The minimum absolute atomic E-state index is 0.102. The van der Waals surface area contributed by atoms with E-state index in [0.29, 0.717) is 13.0 Å². The van der Waals surface area contributed by atoms with E-state index in [1.807, 2.05) is 30.3 Å². The van der Waals surface area contributed by atoms with Crippen LogP contribution in [0.5, 0.6) is 0 Å². The van der Waals surface area contributed by atoms with Gasteiger partial charge in [-0.3, -0.25) is 0 Å². The lowest BCUT2D eigenvalue weighted by atomic mass is 10.1. The minimum Gasteiger partial charge on any atom is -0.480 e. The summed E-state index contributed by atoms with van der Waals surface area (Å²) in [6.45, 7) is 0.625. The molecular weight excluding hydrogens is 262 g/mol. The molecule has 1 aromatic carbocycles. The normalized spacial score (nSPS) is 19.3. The van der Waals surface area contributed by atoms with E-state index in [1.54, 1.807) is 0 Å². The first-order valence-electron chi connectivity index (χ1n) is 6.48. The predicted octanol–water partition coefficient (Wildman–Crippen LogP) is 1.54. The summed E-state index contributed by atoms with van der Waals surface area (Å²) >= 11 is 0. The van der Waals surface area contributed by atoms with E-state index >= 15 is 0 Å². The van der Waals surface area contributed by atoms with Crippen LogP contribution in [0.3, 0.4) is 0 Å². The Morgan fingerprint density at radius 3 is 2.75 bits per heavy atom. The van der Waals surface area contributed by atoms with Gasteiger partial charge in [-0.15, -0.1) is 0 Å². The van der Waals surface area contributed by atoms with Gasteiger partial charge in [-0.2, -0.15) is 0 Å². The van der Waals surface area contributed by atoms with Crippen LogP contribution in [0.2, 0.25) is 0 Å². The Balaban J connectivity index is 1.84. The number of carboxylic acids is 1. The molecule has 1 amide bonds. The van der Waals surface area contributed by atoms with E-state index in [-0.39, 0.29) is 6.61 Å². The van der Waals surface area contributed by atoms with Crippen molar-refractivity contribution in [1.29, 1.82) is 0 Å². The molecule has 2 atom stereocenters. The van der Waals surface area contributed by atoms with Gasteiger partial charge in [0.1, 0.15) is 6.61 Å². The lowest BCUT2D eigenvalue weighted by molar-refractivity contribution is -0.142. The van der Waals surface area contributed by atoms with E-state index < -0.39 is 24.2 Å². The number of benzene rings is 1. The van der Waals surface area contributed by atoms with E-state index in [2.05, 4.69) is 5.32 Å². The number of nitrogens with one attached hydrogen (secondary N) is 1. The van der Waals surface area contributed by atoms with Gasteiger partial charge in [0.25, 0.3) is 0 Å². The van der Waals surface area contributed by atoms with Gasteiger partial charge in [-0.05, 0) is 18.4 Å². The smallest absolute Gasteiger partial charge is 0.408 e. The van der Waals surface area contributed by atoms with Crippen molar-refractivity contribution in [3.8, 4) is 0 Å². The topological polar surface area (TPSA) is 84.9 Å². The number of rotatable bonds is 5. The third kappa shape index (κ3) is 3.96. The van der Waals surface area contributed by atoms with Crippen LogP contribution in [0.25, 0.3) is 0 Å². The molecule has 0 aliphatic carbocycles. The lowest BCUT2D eigenvalue weighted by Gasteiger charge is -2.19. The summed E-state index contributed by atoms with van der Waals surface area (Å²) in [6, 6.07) is 8.11. The Bertz CT molecular complexity index is 456. The molecule has 1 aliphatic heterocycles. The molecular formula is C14H17NO5. The third-order valence-corrected chi connectivity index (χ3v) is 3.09. The van der Waals surface area contributed by atoms with Crippen molar-refractivity contribution in [2.45, 2.75) is 31.6 Å². The number of carbonyl (C=O) groups excluding carboxylic acids is 1. The van der Waals surface area contributed by atoms with Crippen LogP contribution in [0.4, 0.5) is 4.79 Å². The fourth-order valence-corrected chi connectivity index (χ4v) is 2.07. The first kappa shape index (κ1) is 14.3. The maximum atomic E-state index is 11.6. The van der Waals surface area contributed by atoms with Crippen LogP contribution in [-0.2, 0) is 20.9 Å². The number of carboxylic acid groups (broad SMARTS) is 1. The van der Waals surface area contributed by atoms with E-state index in [4.69, 9.17) is 14.6 Å². The Kier molecular flexibility index (Phi) is 4.95. The third-order valence-electron chi connectivity index (χ3n) is 3.09. The van der Waals surface area contributed by atoms with Crippen molar-refractivity contribution in [2.24, 2.45) is 0 Å². The van der Waals surface area contributed by atoms with E-state index in [9.17, 15) is 9.59 Å². The summed E-state index contributed by atoms with van der Waals surface area (Å²) in [7, 11) is 0. The molecule has 1 fully saturated rings. The van der Waals surface area contributed by atoms with Crippen molar-refractivity contribution in [1.82, 2.24) is 5.32 Å². The highest BCUT2D eigenvalue weighted by Gasteiger charge is 2.33. The number of amides is 1. The molecule has 1 aromatic rings. The van der Waals surface area contributed by atoms with E-state index in [1.165, 1.54) is 0 Å². The summed E-state index contributed by atoms with van der Waals surface area (Å²) < 4.78 is 10.3. The average molecular weight is 279 g/mol. The molecule has 2 rings (SSSR count). The molecule has 0 aromatic heterocycles. The van der Waals surface area contributed by atoms with Crippen molar-refractivity contribution >= 4 is 12.1 Å². The zero-order valence-electron chi connectivity index (χ0n) is 11.0. The first-order chi connectivity index (χ1) is 9.66. The summed E-state index contributed by atoms with van der Waals surface area (Å²) in [5, 5.41) is 11.5. The zero-order valence-corrected chi connectivity index (χ0v) is 11.0. The fourth-order valence-electron chi connectivity index (χ4n) is 2.07. The average Bonchev–Trinajstić information content (AvgIpc) is 2.97. The highest BCUT2D eigenvalue weighted by atomic mass is 16.5. The zero-order chi connectivity index (χ0) is 14.4. The second-order valence-electron chi connectivity index (χ2n) is 4.57. The van der Waals surface area contributed by atoms with Gasteiger partial charge >= 0.3 is 12.1 Å². The lowest BCUT2D eigenvalue weighted by Crippen LogP contribution is -2.48. The Morgan fingerprint density at radius 2 is 2.15 bits per heavy atom. The quantitative estimate of drug-likeness (QED) is 0.854. The Hall–Kier alpha value is -2.08. The number of carbonyl (C=O) groups is 2. The number of aliphatic carboxylic acids is 1.